The summed E-state index contributed by atoms with van der Waals surface area (Å²) in [6.45, 7) is 26.5. The number of hydrogen-bond donors (Lipinski definition) is 2. The summed E-state index contributed by atoms with van der Waals surface area (Å²) in [5.74, 6) is 0. The lowest BCUT2D eigenvalue weighted by molar-refractivity contribution is 0.110. The van der Waals surface area contributed by atoms with Crippen LogP contribution in [0.4, 0.5) is 0 Å². The van der Waals surface area contributed by atoms with Crippen molar-refractivity contribution in [2.45, 2.75) is 105 Å². The number of thioether (sulfide) groups is 1. The van der Waals surface area contributed by atoms with E-state index in [0.29, 0.717) is 0 Å². The Hall–Kier alpha value is -0.770. The summed E-state index contributed by atoms with van der Waals surface area (Å²) in [4.78, 5) is 0. The van der Waals surface area contributed by atoms with Gasteiger partial charge in [0.15, 0.2) is 0 Å². The molecule has 0 saturated heterocycles. The number of aliphatic hydroxyl groups is 2. The van der Waals surface area contributed by atoms with Crippen molar-refractivity contribution >= 4 is 11.8 Å². The highest BCUT2D eigenvalue weighted by atomic mass is 32.2. The van der Waals surface area contributed by atoms with Gasteiger partial charge in [0.1, 0.15) is 0 Å². The number of allylic oxidation sites excluding steroid dienone is 4. The first-order chi connectivity index (χ1) is 13.7. The van der Waals surface area contributed by atoms with Crippen LogP contribution in [0.15, 0.2) is 47.6 Å². The fourth-order valence-corrected chi connectivity index (χ4v) is 6.36. The summed E-state index contributed by atoms with van der Waals surface area (Å²) in [7, 11) is 0. The van der Waals surface area contributed by atoms with Crippen molar-refractivity contribution in [2.75, 3.05) is 0 Å². The quantitative estimate of drug-likeness (QED) is 0.475. The second-order valence-electron chi connectivity index (χ2n) is 13.5. The van der Waals surface area contributed by atoms with Gasteiger partial charge in [-0.1, -0.05) is 120 Å². The Morgan fingerprint density at radius 2 is 0.903 bits per heavy atom. The van der Waals surface area contributed by atoms with Crippen LogP contribution in [-0.2, 0) is 0 Å². The van der Waals surface area contributed by atoms with E-state index in [9.17, 15) is 10.2 Å². The van der Waals surface area contributed by atoms with Gasteiger partial charge in [0.2, 0.25) is 0 Å². The summed E-state index contributed by atoms with van der Waals surface area (Å²) in [5, 5.41) is 23.0. The van der Waals surface area contributed by atoms with E-state index in [-0.39, 0.29) is 21.7 Å². The third-order valence-corrected chi connectivity index (χ3v) is 9.57. The second kappa shape index (κ2) is 7.92. The van der Waals surface area contributed by atoms with Gasteiger partial charge in [0, 0.05) is 0 Å². The minimum Gasteiger partial charge on any atom is -0.387 e. The minimum atomic E-state index is -0.646. The average Bonchev–Trinajstić information content (AvgIpc) is 2.54. The van der Waals surface area contributed by atoms with E-state index < -0.39 is 21.7 Å². The van der Waals surface area contributed by atoms with Crippen molar-refractivity contribution in [3.8, 4) is 0 Å². The predicted octanol–water partition coefficient (Wildman–Crippen LogP) is 7.10. The number of hydrogen-bond acceptors (Lipinski definition) is 3. The molecule has 4 atom stereocenters. The van der Waals surface area contributed by atoms with Crippen molar-refractivity contribution in [3.05, 3.63) is 47.6 Å². The largest absolute Gasteiger partial charge is 0.387 e. The van der Waals surface area contributed by atoms with Gasteiger partial charge in [0.25, 0.3) is 0 Å². The topological polar surface area (TPSA) is 40.5 Å². The minimum absolute atomic E-state index is 0.0277. The van der Waals surface area contributed by atoms with E-state index in [1.807, 2.05) is 12.2 Å². The highest BCUT2D eigenvalue weighted by Gasteiger charge is 2.58. The maximum absolute atomic E-state index is 11.5. The summed E-state index contributed by atoms with van der Waals surface area (Å²) in [6, 6.07) is 0. The van der Waals surface area contributed by atoms with Crippen molar-refractivity contribution < 1.29 is 10.2 Å². The number of rotatable bonds is 2. The van der Waals surface area contributed by atoms with Gasteiger partial charge in [-0.15, -0.1) is 11.8 Å². The van der Waals surface area contributed by atoms with Crippen LogP contribution in [0, 0.1) is 21.7 Å². The van der Waals surface area contributed by atoms with E-state index >= 15 is 0 Å². The van der Waals surface area contributed by atoms with Crippen LogP contribution in [0.2, 0.25) is 0 Å². The van der Waals surface area contributed by atoms with Crippen LogP contribution in [0.25, 0.3) is 0 Å². The SMILES string of the molecule is CC(C)(C)C1=CC(SC2(C(C)(C)C)C=C(C(C)(C)C)C=CC2O)(C(C)(C)C)C(O)C=C1. The molecule has 2 N–H and O–H groups in total. The third-order valence-electron chi connectivity index (χ3n) is 6.95. The molecular weight excluding hydrogens is 400 g/mol. The predicted molar refractivity (Wildman–Crippen MR) is 137 cm³/mol. The Morgan fingerprint density at radius 1 is 0.613 bits per heavy atom. The lowest BCUT2D eigenvalue weighted by Gasteiger charge is -2.56. The molecule has 0 spiro atoms. The first-order valence-corrected chi connectivity index (χ1v) is 12.4. The lowest BCUT2D eigenvalue weighted by Crippen LogP contribution is -2.58. The highest BCUT2D eigenvalue weighted by Crippen LogP contribution is 2.61. The summed E-state index contributed by atoms with van der Waals surface area (Å²) < 4.78 is -1.19. The van der Waals surface area contributed by atoms with Crippen molar-refractivity contribution in [2.24, 2.45) is 21.7 Å². The van der Waals surface area contributed by atoms with Gasteiger partial charge in [-0.05, 0) is 32.8 Å². The zero-order valence-corrected chi connectivity index (χ0v) is 22.7. The highest BCUT2D eigenvalue weighted by molar-refractivity contribution is 8.02. The van der Waals surface area contributed by atoms with Crippen LogP contribution in [-0.4, -0.2) is 31.9 Å². The lowest BCUT2D eigenvalue weighted by atomic mass is 9.69. The molecule has 2 rings (SSSR count). The van der Waals surface area contributed by atoms with Gasteiger partial charge >= 0.3 is 0 Å². The van der Waals surface area contributed by atoms with Gasteiger partial charge in [0.05, 0.1) is 21.7 Å². The fraction of sp³-hybridized carbons (Fsp3) is 0.714. The van der Waals surface area contributed by atoms with Gasteiger partial charge in [-0.25, -0.2) is 0 Å². The monoisotopic (exact) mass is 446 g/mol. The van der Waals surface area contributed by atoms with E-state index in [0.717, 1.165) is 0 Å². The second-order valence-corrected chi connectivity index (χ2v) is 15.1. The zero-order valence-electron chi connectivity index (χ0n) is 21.9. The molecule has 176 valence electrons. The normalized spacial score (nSPS) is 32.7. The van der Waals surface area contributed by atoms with Gasteiger partial charge < -0.3 is 10.2 Å². The van der Waals surface area contributed by atoms with Crippen molar-refractivity contribution in [1.82, 2.24) is 0 Å². The maximum Gasteiger partial charge on any atom is 0.0911 e. The summed E-state index contributed by atoms with van der Waals surface area (Å²) >= 11 is 1.75. The molecule has 31 heavy (non-hydrogen) atoms. The molecule has 0 radical (unpaired) electrons. The molecule has 4 unspecified atom stereocenters. The van der Waals surface area contributed by atoms with Gasteiger partial charge in [-0.2, -0.15) is 0 Å². The Morgan fingerprint density at radius 3 is 1.13 bits per heavy atom. The molecule has 0 heterocycles. The average molecular weight is 447 g/mol. The van der Waals surface area contributed by atoms with Crippen LogP contribution in [0.1, 0.15) is 83.1 Å². The van der Waals surface area contributed by atoms with Crippen LogP contribution in [0.3, 0.4) is 0 Å². The molecule has 0 amide bonds. The zero-order chi connectivity index (χ0) is 24.3. The maximum atomic E-state index is 11.5. The molecular formula is C28H46O2S. The molecule has 0 aromatic heterocycles. The first kappa shape index (κ1) is 26.5. The van der Waals surface area contributed by atoms with E-state index in [1.54, 1.807) is 11.8 Å². The molecule has 2 aliphatic rings. The smallest absolute Gasteiger partial charge is 0.0911 e. The molecule has 3 heteroatoms. The van der Waals surface area contributed by atoms with Crippen molar-refractivity contribution in [3.63, 3.8) is 0 Å². The molecule has 0 aromatic carbocycles. The Balaban J connectivity index is 2.82. The molecule has 0 aliphatic heterocycles. The Labute approximate surface area is 196 Å². The standard InChI is InChI=1S/C28H46O2S/c1-23(2,3)19-13-15-21(29)27(17-19,25(7,8)9)31-28(26(10,11)12)18-20(24(4,5)6)14-16-22(28)30/h13-18,21-22,29-30H,1-12H3. The third kappa shape index (κ3) is 4.80. The molecule has 0 bridgehead atoms. The first-order valence-electron chi connectivity index (χ1n) is 11.6. The summed E-state index contributed by atoms with van der Waals surface area (Å²) in [5.41, 5.74) is 1.91. The van der Waals surface area contributed by atoms with E-state index in [4.69, 9.17) is 0 Å². The van der Waals surface area contributed by atoms with Gasteiger partial charge in [-0.3, -0.25) is 0 Å². The molecule has 0 saturated carbocycles. The molecule has 0 aromatic rings. The van der Waals surface area contributed by atoms with E-state index in [1.165, 1.54) is 11.1 Å². The van der Waals surface area contributed by atoms with E-state index in [2.05, 4.69) is 107 Å². The van der Waals surface area contributed by atoms with Crippen LogP contribution in [0.5, 0.6) is 0 Å². The molecule has 2 nitrogen and oxygen atoms in total. The Bertz CT molecular complexity index is 734. The summed E-state index contributed by atoms with van der Waals surface area (Å²) in [6.07, 6.45) is 11.4. The number of aliphatic hydroxyl groups excluding tert-OH is 2. The Kier molecular flexibility index (Phi) is 6.77. The van der Waals surface area contributed by atoms with Crippen LogP contribution < -0.4 is 0 Å². The molecule has 2 aliphatic carbocycles. The molecule has 0 fully saturated rings. The fourth-order valence-electron chi connectivity index (χ4n) is 4.42. The van der Waals surface area contributed by atoms with Crippen LogP contribution >= 0.6 is 11.8 Å². The van der Waals surface area contributed by atoms with Crippen molar-refractivity contribution in [1.29, 1.82) is 0 Å².